The Labute approximate surface area is 121 Å². The van der Waals surface area contributed by atoms with Gasteiger partial charge in [-0.3, -0.25) is 4.79 Å². The summed E-state index contributed by atoms with van der Waals surface area (Å²) in [5.41, 5.74) is 1.63. The Morgan fingerprint density at radius 2 is 1.79 bits per heavy atom. The summed E-state index contributed by atoms with van der Waals surface area (Å²) in [4.78, 5) is 12.4. The molecule has 3 rings (SSSR count). The normalized spacial score (nSPS) is 21.1. The quantitative estimate of drug-likeness (QED) is 0.836. The van der Waals surface area contributed by atoms with Crippen LogP contribution in [0.15, 0.2) is 42.5 Å². The molecule has 0 spiro atoms. The van der Waals surface area contributed by atoms with Gasteiger partial charge in [-0.1, -0.05) is 41.4 Å². The van der Waals surface area contributed by atoms with E-state index in [4.69, 9.17) is 23.2 Å². The molecule has 2 nitrogen and oxygen atoms in total. The number of rotatable bonds is 1. The van der Waals surface area contributed by atoms with Crippen LogP contribution in [0.5, 0.6) is 0 Å². The van der Waals surface area contributed by atoms with Gasteiger partial charge in [0.15, 0.2) is 0 Å². The van der Waals surface area contributed by atoms with E-state index in [1.165, 1.54) is 0 Å². The van der Waals surface area contributed by atoms with Gasteiger partial charge in [0.2, 0.25) is 5.91 Å². The van der Waals surface area contributed by atoms with Gasteiger partial charge in [-0.2, -0.15) is 0 Å². The van der Waals surface area contributed by atoms with Crippen molar-refractivity contribution >= 4 is 34.8 Å². The summed E-state index contributed by atoms with van der Waals surface area (Å²) in [6, 6.07) is 12.8. The van der Waals surface area contributed by atoms with E-state index in [-0.39, 0.29) is 5.91 Å². The van der Waals surface area contributed by atoms with E-state index < -0.39 is 5.41 Å². The second-order valence-electron chi connectivity index (χ2n) is 4.75. The van der Waals surface area contributed by atoms with Crippen molar-refractivity contribution < 1.29 is 4.79 Å². The van der Waals surface area contributed by atoms with E-state index in [1.54, 1.807) is 12.1 Å². The first kappa shape index (κ1) is 12.5. The zero-order valence-corrected chi connectivity index (χ0v) is 11.7. The number of hydrogen-bond acceptors (Lipinski definition) is 1. The molecule has 1 aliphatic rings. The minimum atomic E-state index is -0.807. The summed E-state index contributed by atoms with van der Waals surface area (Å²) in [7, 11) is 0. The molecule has 0 aliphatic carbocycles. The number of anilines is 1. The fourth-order valence-electron chi connectivity index (χ4n) is 2.54. The molecule has 1 amide bonds. The number of carbonyl (C=O) groups is 1. The number of benzene rings is 2. The highest BCUT2D eigenvalue weighted by atomic mass is 35.5. The molecule has 0 aromatic heterocycles. The number of carbonyl (C=O) groups excluding carboxylic acids is 1. The Morgan fingerprint density at radius 3 is 2.53 bits per heavy atom. The van der Waals surface area contributed by atoms with Crippen molar-refractivity contribution in [2.45, 2.75) is 12.3 Å². The van der Waals surface area contributed by atoms with E-state index >= 15 is 0 Å². The second kappa shape index (κ2) is 4.26. The van der Waals surface area contributed by atoms with Gasteiger partial charge < -0.3 is 5.32 Å². The maximum atomic E-state index is 12.4. The Kier molecular flexibility index (Phi) is 2.80. The molecule has 0 bridgehead atoms. The van der Waals surface area contributed by atoms with E-state index in [0.29, 0.717) is 10.0 Å². The summed E-state index contributed by atoms with van der Waals surface area (Å²) in [6.07, 6.45) is 0. The Morgan fingerprint density at radius 1 is 1.05 bits per heavy atom. The summed E-state index contributed by atoms with van der Waals surface area (Å²) in [6.45, 7) is 1.87. The van der Waals surface area contributed by atoms with E-state index in [1.807, 2.05) is 37.3 Å². The van der Waals surface area contributed by atoms with Crippen LogP contribution in [0.2, 0.25) is 10.0 Å². The fraction of sp³-hybridized carbons (Fsp3) is 0.133. The van der Waals surface area contributed by atoms with Gasteiger partial charge in [0.25, 0.3) is 0 Å². The molecule has 1 unspecified atom stereocenters. The van der Waals surface area contributed by atoms with Crippen LogP contribution in [0.4, 0.5) is 5.69 Å². The molecule has 19 heavy (non-hydrogen) atoms. The van der Waals surface area contributed by atoms with Crippen LogP contribution in [0.1, 0.15) is 18.1 Å². The number of hydrogen-bond donors (Lipinski definition) is 1. The fourth-order valence-corrected chi connectivity index (χ4v) is 3.04. The highest BCUT2D eigenvalue weighted by molar-refractivity contribution is 6.32. The molecule has 96 valence electrons. The first-order chi connectivity index (χ1) is 9.03. The topological polar surface area (TPSA) is 29.1 Å². The standard InChI is InChI=1S/C15H11Cl2NO/c1-15(10-4-2-3-5-12(10)17)11-8-9(16)6-7-13(11)18-14(15)19/h2-8H,1H3,(H,18,19). The van der Waals surface area contributed by atoms with Crippen molar-refractivity contribution in [3.8, 4) is 0 Å². The molecular weight excluding hydrogens is 281 g/mol. The molecule has 1 heterocycles. The lowest BCUT2D eigenvalue weighted by molar-refractivity contribution is -0.119. The molecule has 0 saturated carbocycles. The lowest BCUT2D eigenvalue weighted by Crippen LogP contribution is -2.32. The lowest BCUT2D eigenvalue weighted by Gasteiger charge is -2.24. The van der Waals surface area contributed by atoms with Gasteiger partial charge in [0, 0.05) is 15.7 Å². The van der Waals surface area contributed by atoms with E-state index in [2.05, 4.69) is 5.32 Å². The monoisotopic (exact) mass is 291 g/mol. The van der Waals surface area contributed by atoms with Gasteiger partial charge in [-0.05, 0) is 42.3 Å². The third-order valence-corrected chi connectivity index (χ3v) is 4.20. The first-order valence-corrected chi connectivity index (χ1v) is 6.65. The summed E-state index contributed by atoms with van der Waals surface area (Å²) >= 11 is 12.3. The average Bonchev–Trinajstić information content (AvgIpc) is 2.64. The third-order valence-electron chi connectivity index (χ3n) is 3.64. The smallest absolute Gasteiger partial charge is 0.239 e. The molecule has 1 aliphatic heterocycles. The number of nitrogens with one attached hydrogen (secondary N) is 1. The zero-order valence-electron chi connectivity index (χ0n) is 10.2. The zero-order chi connectivity index (χ0) is 13.6. The summed E-state index contributed by atoms with van der Waals surface area (Å²) in [5.74, 6) is -0.0853. The molecule has 0 saturated heterocycles. The van der Waals surface area contributed by atoms with Gasteiger partial charge in [0.1, 0.15) is 0 Å². The van der Waals surface area contributed by atoms with E-state index in [0.717, 1.165) is 16.8 Å². The van der Waals surface area contributed by atoms with Crippen molar-refractivity contribution in [1.82, 2.24) is 0 Å². The molecule has 1 N–H and O–H groups in total. The number of halogens is 2. The maximum Gasteiger partial charge on any atom is 0.239 e. The largest absolute Gasteiger partial charge is 0.325 e. The molecule has 4 heteroatoms. The van der Waals surface area contributed by atoms with Crippen molar-refractivity contribution in [3.63, 3.8) is 0 Å². The summed E-state index contributed by atoms with van der Waals surface area (Å²) < 4.78 is 0. The van der Waals surface area contributed by atoms with Gasteiger partial charge in [-0.25, -0.2) is 0 Å². The van der Waals surface area contributed by atoms with Crippen LogP contribution in [-0.4, -0.2) is 5.91 Å². The van der Waals surface area contributed by atoms with Gasteiger partial charge in [0.05, 0.1) is 5.41 Å². The third kappa shape index (κ3) is 1.75. The Hall–Kier alpha value is -1.51. The van der Waals surface area contributed by atoms with Crippen LogP contribution in [0, 0.1) is 0 Å². The minimum absolute atomic E-state index is 0.0853. The van der Waals surface area contributed by atoms with Gasteiger partial charge in [-0.15, -0.1) is 0 Å². The number of fused-ring (bicyclic) bond motifs is 1. The Bertz CT molecular complexity index is 684. The van der Waals surface area contributed by atoms with Gasteiger partial charge >= 0.3 is 0 Å². The van der Waals surface area contributed by atoms with Crippen molar-refractivity contribution in [2.24, 2.45) is 0 Å². The highest BCUT2D eigenvalue weighted by Crippen LogP contribution is 2.45. The Balaban J connectivity index is 2.28. The minimum Gasteiger partial charge on any atom is -0.325 e. The van der Waals surface area contributed by atoms with Crippen LogP contribution in [0.25, 0.3) is 0 Å². The molecule has 2 aromatic rings. The van der Waals surface area contributed by atoms with Crippen LogP contribution >= 0.6 is 23.2 Å². The van der Waals surface area contributed by atoms with Crippen molar-refractivity contribution in [1.29, 1.82) is 0 Å². The molecule has 0 fully saturated rings. The molecule has 1 atom stereocenters. The SMILES string of the molecule is CC1(c2ccccc2Cl)C(=O)Nc2ccc(Cl)cc21. The van der Waals surface area contributed by atoms with E-state index in [9.17, 15) is 4.79 Å². The predicted octanol–water partition coefficient (Wildman–Crippen LogP) is 4.25. The lowest BCUT2D eigenvalue weighted by atomic mass is 9.77. The van der Waals surface area contributed by atoms with Crippen LogP contribution in [0.3, 0.4) is 0 Å². The first-order valence-electron chi connectivity index (χ1n) is 5.90. The van der Waals surface area contributed by atoms with Crippen LogP contribution in [-0.2, 0) is 10.2 Å². The van der Waals surface area contributed by atoms with Crippen molar-refractivity contribution in [2.75, 3.05) is 5.32 Å². The maximum absolute atomic E-state index is 12.4. The molecular formula is C15H11Cl2NO. The van der Waals surface area contributed by atoms with Crippen molar-refractivity contribution in [3.05, 3.63) is 63.6 Å². The second-order valence-corrected chi connectivity index (χ2v) is 5.59. The van der Waals surface area contributed by atoms with Crippen LogP contribution < -0.4 is 5.32 Å². The highest BCUT2D eigenvalue weighted by Gasteiger charge is 2.45. The molecule has 2 aromatic carbocycles. The molecule has 0 radical (unpaired) electrons. The average molecular weight is 292 g/mol. The predicted molar refractivity (Wildman–Crippen MR) is 78.0 cm³/mol. The summed E-state index contributed by atoms with van der Waals surface area (Å²) in [5, 5.41) is 4.07. The number of amides is 1.